The van der Waals surface area contributed by atoms with E-state index in [-0.39, 0.29) is 5.41 Å². The van der Waals surface area contributed by atoms with Gasteiger partial charge in [0, 0.05) is 33.7 Å². The molecule has 11 rings (SSSR count). The minimum atomic E-state index is -0.194. The maximum Gasteiger partial charge on any atom is 0.145 e. The highest BCUT2D eigenvalue weighted by Crippen LogP contribution is 2.52. The smallest absolute Gasteiger partial charge is 0.145 e. The van der Waals surface area contributed by atoms with Crippen molar-refractivity contribution in [1.82, 2.24) is 9.55 Å². The van der Waals surface area contributed by atoms with E-state index in [0.717, 1.165) is 45.2 Å². The first-order valence-corrected chi connectivity index (χ1v) is 19.0. The molecular formula is C52H37N3. The maximum atomic E-state index is 5.40. The van der Waals surface area contributed by atoms with Gasteiger partial charge in [-0.2, -0.15) is 0 Å². The molecule has 0 radical (unpaired) electrons. The quantitative estimate of drug-likeness (QED) is 0.166. The molecule has 1 heterocycles. The highest BCUT2D eigenvalue weighted by Gasteiger charge is 2.37. The third-order valence-corrected chi connectivity index (χ3v) is 11.7. The number of hydrogen-bond acceptors (Lipinski definition) is 2. The first-order chi connectivity index (χ1) is 27.0. The SMILES string of the molecule is CC1(C)c2cc3ccc4ccc(N(c5ccccc5)c5ccccc5)cc4c3cc2-c2cc3c(cc21)nc(-c1ccc2ccccc2c1)n3-c1ccccc1. The van der Waals surface area contributed by atoms with Gasteiger partial charge in [-0.1, -0.05) is 123 Å². The van der Waals surface area contributed by atoms with Gasteiger partial charge in [0.2, 0.25) is 0 Å². The van der Waals surface area contributed by atoms with Crippen LogP contribution in [0.3, 0.4) is 0 Å². The van der Waals surface area contributed by atoms with Crippen LogP contribution in [-0.2, 0) is 5.41 Å². The Morgan fingerprint density at radius 1 is 0.455 bits per heavy atom. The average Bonchev–Trinajstić information content (AvgIpc) is 3.71. The van der Waals surface area contributed by atoms with Crippen molar-refractivity contribution in [2.45, 2.75) is 19.3 Å². The zero-order chi connectivity index (χ0) is 36.7. The Balaban J connectivity index is 1.13. The monoisotopic (exact) mass is 703 g/mol. The standard InChI is InChI=1S/C52H37N3/c1-52(2)47-29-37-24-23-35-26-27-42(54(39-16-6-3-7-17-39)40-18-8-4-9-19-40)30-43(35)44(37)31-45(47)46-32-50-49(33-48(46)52)53-51(55(50)41-20-10-5-11-21-41)38-25-22-34-14-12-13-15-36(34)28-38/h3-33H,1-2H3. The number of imidazole rings is 1. The first kappa shape index (κ1) is 31.5. The molecule has 1 aliphatic carbocycles. The number of fused-ring (bicyclic) bond motifs is 8. The number of anilines is 3. The molecule has 1 aliphatic rings. The van der Waals surface area contributed by atoms with Crippen LogP contribution in [-0.4, -0.2) is 9.55 Å². The molecule has 0 unspecified atom stereocenters. The summed E-state index contributed by atoms with van der Waals surface area (Å²) in [6.07, 6.45) is 0. The Hall–Kier alpha value is -6.97. The van der Waals surface area contributed by atoms with Crippen molar-refractivity contribution in [3.63, 3.8) is 0 Å². The summed E-state index contributed by atoms with van der Waals surface area (Å²) in [5, 5.41) is 7.43. The number of para-hydroxylation sites is 3. The molecule has 0 aliphatic heterocycles. The van der Waals surface area contributed by atoms with Gasteiger partial charge >= 0.3 is 0 Å². The fourth-order valence-corrected chi connectivity index (χ4v) is 8.94. The summed E-state index contributed by atoms with van der Waals surface area (Å²) in [6.45, 7) is 4.73. The molecule has 3 heteroatoms. The highest BCUT2D eigenvalue weighted by atomic mass is 15.1. The van der Waals surface area contributed by atoms with E-state index in [4.69, 9.17) is 4.98 Å². The van der Waals surface area contributed by atoms with Crippen molar-refractivity contribution in [1.29, 1.82) is 0 Å². The average molecular weight is 704 g/mol. The molecular weight excluding hydrogens is 667 g/mol. The lowest BCUT2D eigenvalue weighted by atomic mass is 9.81. The van der Waals surface area contributed by atoms with Gasteiger partial charge in [-0.15, -0.1) is 0 Å². The lowest BCUT2D eigenvalue weighted by Crippen LogP contribution is -2.15. The summed E-state index contributed by atoms with van der Waals surface area (Å²) in [7, 11) is 0. The van der Waals surface area contributed by atoms with Crippen LogP contribution < -0.4 is 4.90 Å². The molecule has 0 N–H and O–H groups in total. The largest absolute Gasteiger partial charge is 0.310 e. The summed E-state index contributed by atoms with van der Waals surface area (Å²) in [5.41, 5.74) is 12.8. The molecule has 9 aromatic carbocycles. The molecule has 0 bridgehead atoms. The van der Waals surface area contributed by atoms with Crippen LogP contribution in [0, 0.1) is 0 Å². The van der Waals surface area contributed by atoms with Crippen LogP contribution >= 0.6 is 0 Å². The maximum absolute atomic E-state index is 5.40. The van der Waals surface area contributed by atoms with Crippen molar-refractivity contribution in [2.75, 3.05) is 4.90 Å². The van der Waals surface area contributed by atoms with Crippen molar-refractivity contribution >= 4 is 60.4 Å². The molecule has 1 aromatic heterocycles. The Morgan fingerprint density at radius 3 is 1.78 bits per heavy atom. The summed E-state index contributed by atoms with van der Waals surface area (Å²) < 4.78 is 2.34. The molecule has 0 saturated heterocycles. The Labute approximate surface area is 320 Å². The van der Waals surface area contributed by atoms with Gasteiger partial charge < -0.3 is 4.90 Å². The summed E-state index contributed by atoms with van der Waals surface area (Å²) >= 11 is 0. The van der Waals surface area contributed by atoms with Crippen LogP contribution in [0.1, 0.15) is 25.0 Å². The van der Waals surface area contributed by atoms with Crippen LogP contribution in [0.15, 0.2) is 188 Å². The van der Waals surface area contributed by atoms with Gasteiger partial charge in [-0.3, -0.25) is 4.57 Å². The van der Waals surface area contributed by atoms with Gasteiger partial charge in [0.1, 0.15) is 5.82 Å². The first-order valence-electron chi connectivity index (χ1n) is 19.0. The molecule has 0 saturated carbocycles. The molecule has 0 amide bonds. The van der Waals surface area contributed by atoms with Crippen molar-refractivity contribution in [2.24, 2.45) is 0 Å². The van der Waals surface area contributed by atoms with Gasteiger partial charge in [0.05, 0.1) is 11.0 Å². The third kappa shape index (κ3) is 4.93. The Morgan fingerprint density at radius 2 is 1.04 bits per heavy atom. The molecule has 0 fully saturated rings. The third-order valence-electron chi connectivity index (χ3n) is 11.7. The number of hydrogen-bond donors (Lipinski definition) is 0. The van der Waals surface area contributed by atoms with E-state index in [0.29, 0.717) is 0 Å². The van der Waals surface area contributed by atoms with E-state index in [9.17, 15) is 0 Å². The Kier molecular flexibility index (Phi) is 6.90. The molecule has 260 valence electrons. The van der Waals surface area contributed by atoms with E-state index >= 15 is 0 Å². The molecule has 3 nitrogen and oxygen atoms in total. The second-order valence-electron chi connectivity index (χ2n) is 15.3. The topological polar surface area (TPSA) is 21.1 Å². The molecule has 10 aromatic rings. The summed E-state index contributed by atoms with van der Waals surface area (Å²) in [5.74, 6) is 0.951. The number of benzene rings is 9. The fraction of sp³-hybridized carbons (Fsp3) is 0.0577. The van der Waals surface area contributed by atoms with E-state index in [2.05, 4.69) is 211 Å². The second-order valence-corrected chi connectivity index (χ2v) is 15.3. The predicted octanol–water partition coefficient (Wildman–Crippen LogP) is 13.9. The number of nitrogens with zero attached hydrogens (tertiary/aromatic N) is 3. The van der Waals surface area contributed by atoms with Crippen molar-refractivity contribution in [3.8, 4) is 28.2 Å². The second kappa shape index (κ2) is 12.0. The van der Waals surface area contributed by atoms with E-state index in [1.54, 1.807) is 0 Å². The highest BCUT2D eigenvalue weighted by molar-refractivity contribution is 6.11. The fourth-order valence-electron chi connectivity index (χ4n) is 8.94. The van der Waals surface area contributed by atoms with Crippen LogP contribution in [0.2, 0.25) is 0 Å². The van der Waals surface area contributed by atoms with E-state index in [1.807, 2.05) is 0 Å². The molecule has 0 atom stereocenters. The van der Waals surface area contributed by atoms with E-state index < -0.39 is 0 Å². The zero-order valence-corrected chi connectivity index (χ0v) is 30.7. The van der Waals surface area contributed by atoms with Gasteiger partial charge in [0.15, 0.2) is 0 Å². The van der Waals surface area contributed by atoms with E-state index in [1.165, 1.54) is 54.6 Å². The minimum absolute atomic E-state index is 0.194. The van der Waals surface area contributed by atoms with Crippen LogP contribution in [0.5, 0.6) is 0 Å². The molecule has 55 heavy (non-hydrogen) atoms. The van der Waals surface area contributed by atoms with Gasteiger partial charge in [-0.05, 0) is 133 Å². The lowest BCUT2D eigenvalue weighted by Gasteiger charge is -2.26. The number of rotatable bonds is 5. The van der Waals surface area contributed by atoms with Crippen LogP contribution in [0.25, 0.3) is 71.6 Å². The number of aromatic nitrogens is 2. The normalized spacial score (nSPS) is 13.1. The molecule has 0 spiro atoms. The predicted molar refractivity (Wildman–Crippen MR) is 231 cm³/mol. The van der Waals surface area contributed by atoms with Gasteiger partial charge in [0.25, 0.3) is 0 Å². The van der Waals surface area contributed by atoms with Crippen molar-refractivity contribution in [3.05, 3.63) is 199 Å². The Bertz CT molecular complexity index is 3070. The zero-order valence-electron chi connectivity index (χ0n) is 30.7. The van der Waals surface area contributed by atoms with Gasteiger partial charge in [-0.25, -0.2) is 4.98 Å². The minimum Gasteiger partial charge on any atom is -0.310 e. The van der Waals surface area contributed by atoms with Crippen molar-refractivity contribution < 1.29 is 0 Å². The summed E-state index contributed by atoms with van der Waals surface area (Å²) in [4.78, 5) is 7.75. The summed E-state index contributed by atoms with van der Waals surface area (Å²) in [6, 6.07) is 68.3. The lowest BCUT2D eigenvalue weighted by molar-refractivity contribution is 0.662. The van der Waals surface area contributed by atoms with Crippen LogP contribution in [0.4, 0.5) is 17.1 Å².